The molecular formula is C93H85Cl3F7N19O11. The number of hydrogen-bond acceptors (Lipinski definition) is 23. The van der Waals surface area contributed by atoms with Crippen LogP contribution in [0, 0.1) is 61.5 Å². The molecule has 6 aliphatic heterocycles. The van der Waals surface area contributed by atoms with Crippen LogP contribution in [0.3, 0.4) is 0 Å². The van der Waals surface area contributed by atoms with E-state index in [2.05, 4.69) is 64.9 Å². The normalized spacial score (nSPS) is 16.8. The van der Waals surface area contributed by atoms with Crippen LogP contribution in [-0.4, -0.2) is 204 Å². The van der Waals surface area contributed by atoms with Crippen LogP contribution < -0.4 is 46.7 Å². The number of pyridine rings is 5. The van der Waals surface area contributed by atoms with Crippen molar-refractivity contribution >= 4 is 120 Å². The zero-order chi connectivity index (χ0) is 95.7. The number of hydrogen-bond donors (Lipinski definition) is 4. The Kier molecular flexibility index (Phi) is 24.7. The molecule has 18 rings (SSSR count). The molecule has 6 aliphatic rings. The first-order chi connectivity index (χ1) is 63.3. The van der Waals surface area contributed by atoms with Gasteiger partial charge in [0.2, 0.25) is 17.7 Å². The molecule has 4 amide bonds. The molecule has 14 heterocycles. The molecule has 3 fully saturated rings. The molecule has 3 saturated heterocycles. The lowest BCUT2D eigenvalue weighted by atomic mass is 9.98. The Morgan fingerprint density at radius 2 is 0.910 bits per heavy atom. The fourth-order valence-electron chi connectivity index (χ4n) is 18.2. The molecule has 4 aromatic carbocycles. The Morgan fingerprint density at radius 3 is 1.39 bits per heavy atom. The zero-order valence-electron chi connectivity index (χ0n) is 73.3. The van der Waals surface area contributed by atoms with E-state index in [0.29, 0.717) is 95.1 Å². The first kappa shape index (κ1) is 92.2. The molecule has 4 atom stereocenters. The van der Waals surface area contributed by atoms with E-state index in [1.807, 2.05) is 65.2 Å². The van der Waals surface area contributed by atoms with Crippen LogP contribution in [0.5, 0.6) is 23.0 Å². The van der Waals surface area contributed by atoms with E-state index in [1.165, 1.54) is 38.1 Å². The maximum atomic E-state index is 17.1. The second-order valence-electron chi connectivity index (χ2n) is 33.7. The van der Waals surface area contributed by atoms with Gasteiger partial charge in [0.15, 0.2) is 57.8 Å². The van der Waals surface area contributed by atoms with Gasteiger partial charge in [-0.2, -0.15) is 15.0 Å². The Hall–Kier alpha value is -14.1. The average molecular weight is 1880 g/mol. The first-order valence-electron chi connectivity index (χ1n) is 42.2. The highest BCUT2D eigenvalue weighted by molar-refractivity contribution is 6.40. The van der Waals surface area contributed by atoms with Gasteiger partial charge in [0.25, 0.3) is 5.91 Å². The van der Waals surface area contributed by atoms with Gasteiger partial charge < -0.3 is 59.7 Å². The summed E-state index contributed by atoms with van der Waals surface area (Å²) in [5, 5.41) is 35.1. The molecule has 0 bridgehead atoms. The minimum atomic E-state index is -1.59. The van der Waals surface area contributed by atoms with Crippen LogP contribution in [0.4, 0.5) is 59.6 Å². The number of fused-ring (bicyclic) bond motifs is 6. The standard InChI is InChI=1S/C33H30ClF3N6O4.C30H28ClF2N7O3.C30H27ClF2N6O4/c1-7-20(45)41-13-18-32(46)40(6)30-23-29(24(34)22(26(30)37)21-19(44)9-8-17(35)25(21)36)43(28-15(4)10-11-38-27(28)14(2)3)33(47)39-31(23)42(18)12-16(41)5;1-5-19(42)38-10-11-39-16(13-38)12-35-25-21-28(39)37-30(43)40(27-15(4)8-9-34-24(27)14(2)3)29(21)36-26(22(25)31)20-18(41)7-6-17(32)23(20)33;1-5-19(41)37-10-11-38-16(12-37)13-43-27-21-28(38)36-30(42)39(26-15(4)8-9-34-24(26)14(2)3)29(21)35-25(22(27)31)20-18(40)7-6-17(32)23(20)33/h7-11,14,16,18,44H,1,12-13H2,2-6H3;5-9,14,16,35,41H,1,10-13H2,2-4H3;5-9,14,16,40H,1,10-13H2,2-4H3. The number of rotatable bonds is 12. The Labute approximate surface area is 768 Å². The summed E-state index contributed by atoms with van der Waals surface area (Å²) in [5.74, 6) is -12.9. The van der Waals surface area contributed by atoms with Crippen molar-refractivity contribution in [2.24, 2.45) is 0 Å². The number of anilines is 5. The second-order valence-corrected chi connectivity index (χ2v) is 34.8. The summed E-state index contributed by atoms with van der Waals surface area (Å²) in [6, 6.07) is 7.92. The molecule has 688 valence electrons. The predicted molar refractivity (Wildman–Crippen MR) is 489 cm³/mol. The highest BCUT2D eigenvalue weighted by atomic mass is 35.5. The van der Waals surface area contributed by atoms with Gasteiger partial charge in [0, 0.05) is 89.6 Å². The van der Waals surface area contributed by atoms with Crippen molar-refractivity contribution in [2.75, 3.05) is 97.5 Å². The van der Waals surface area contributed by atoms with Crippen molar-refractivity contribution in [3.8, 4) is 73.7 Å². The molecular weight excluding hydrogens is 1800 g/mol. The zero-order valence-corrected chi connectivity index (χ0v) is 75.6. The van der Waals surface area contributed by atoms with Crippen molar-refractivity contribution in [1.82, 2.24) is 68.3 Å². The van der Waals surface area contributed by atoms with E-state index in [9.17, 15) is 62.1 Å². The molecule has 40 heteroatoms. The predicted octanol–water partition coefficient (Wildman–Crippen LogP) is 14.3. The number of ether oxygens (including phenoxy) is 1. The number of aromatic hydroxyl groups is 3. The minimum absolute atomic E-state index is 0.00992. The van der Waals surface area contributed by atoms with Gasteiger partial charge in [-0.25, -0.2) is 64.2 Å². The van der Waals surface area contributed by atoms with Gasteiger partial charge in [-0.1, -0.05) is 96.1 Å². The number of amides is 4. The summed E-state index contributed by atoms with van der Waals surface area (Å²) in [7, 11) is 1.29. The van der Waals surface area contributed by atoms with Gasteiger partial charge in [0.1, 0.15) is 69.1 Å². The third-order valence-corrected chi connectivity index (χ3v) is 25.7. The molecule has 12 aromatic rings. The van der Waals surface area contributed by atoms with Crippen LogP contribution in [0.25, 0.3) is 83.7 Å². The minimum Gasteiger partial charge on any atom is -0.507 e. The van der Waals surface area contributed by atoms with Gasteiger partial charge in [-0.15, -0.1) is 0 Å². The van der Waals surface area contributed by atoms with E-state index in [0.717, 1.165) is 45.9 Å². The molecule has 4 N–H and O–H groups in total. The SMILES string of the molecule is C=CC(=O)N1CC2C(=O)N(C)c3c(F)c(-c4c(O)ccc(F)c4F)c(Cl)c4c3c(nc(=O)n4-c3c(C)ccnc3C(C)C)N2CC1C.C=CC(=O)N1CCN2c3nc(=O)n(-c4c(C)ccnc4C(C)C)c4nc(-c5c(O)ccc(F)c5F)c(Cl)c(c34)NCC2C1.C=CC(=O)N1CCN2c3nc(=O)n(-c4c(C)ccnc4C(C)C)c4nc(-c5c(O)ccc(F)c5F)c(Cl)c(c34)OCC2C1. The number of phenols is 3. The number of aromatic nitrogens is 11. The topological polar surface area (TPSA) is 342 Å². The lowest BCUT2D eigenvalue weighted by Gasteiger charge is -2.44. The second kappa shape index (κ2) is 35.6. The van der Waals surface area contributed by atoms with E-state index in [4.69, 9.17) is 39.5 Å². The van der Waals surface area contributed by atoms with E-state index in [-0.39, 0.29) is 146 Å². The van der Waals surface area contributed by atoms with Crippen LogP contribution >= 0.6 is 34.8 Å². The van der Waals surface area contributed by atoms with Crippen molar-refractivity contribution in [3.05, 3.63) is 232 Å². The molecule has 8 aromatic heterocycles. The molecule has 4 unspecified atom stereocenters. The summed E-state index contributed by atoms with van der Waals surface area (Å²) in [6.07, 6.45) is 8.46. The number of carbonyl (C=O) groups excluding carboxylic acids is 4. The summed E-state index contributed by atoms with van der Waals surface area (Å²) in [5.41, 5.74) is -0.997. The van der Waals surface area contributed by atoms with Crippen LogP contribution in [0.15, 0.2) is 126 Å². The van der Waals surface area contributed by atoms with Crippen molar-refractivity contribution in [2.45, 2.75) is 111 Å². The number of phenolic OH excluding ortho intramolecular Hbond substituents is 3. The summed E-state index contributed by atoms with van der Waals surface area (Å²) in [4.78, 5) is 141. The van der Waals surface area contributed by atoms with Crippen LogP contribution in [0.2, 0.25) is 15.1 Å². The van der Waals surface area contributed by atoms with Crippen LogP contribution in [-0.2, 0) is 19.2 Å². The maximum absolute atomic E-state index is 17.1. The number of carbonyl (C=O) groups is 4. The third-order valence-electron chi connectivity index (χ3n) is 24.6. The van der Waals surface area contributed by atoms with E-state index >= 15 is 17.6 Å². The highest BCUT2D eigenvalue weighted by Gasteiger charge is 2.48. The molecule has 30 nitrogen and oxygen atoms in total. The lowest BCUT2D eigenvalue weighted by molar-refractivity contribution is -0.131. The van der Waals surface area contributed by atoms with Gasteiger partial charge >= 0.3 is 17.1 Å². The number of nitrogens with zero attached hydrogens (tertiary/aromatic N) is 18. The smallest absolute Gasteiger partial charge is 0.355 e. The fraction of sp³-hybridized carbons (Fsp3) is 0.301. The summed E-state index contributed by atoms with van der Waals surface area (Å²) >= 11 is 20.7. The number of piperazine rings is 3. The van der Waals surface area contributed by atoms with Crippen LogP contribution in [0.1, 0.15) is 100.0 Å². The monoisotopic (exact) mass is 1880 g/mol. The van der Waals surface area contributed by atoms with Gasteiger partial charge in [0.05, 0.1) is 107 Å². The summed E-state index contributed by atoms with van der Waals surface area (Å²) < 4.78 is 117. The Morgan fingerprint density at radius 1 is 0.489 bits per heavy atom. The summed E-state index contributed by atoms with van der Waals surface area (Å²) in [6.45, 7) is 31.4. The molecule has 0 spiro atoms. The molecule has 0 radical (unpaired) electrons. The number of aryl methyl sites for hydroxylation is 3. The van der Waals surface area contributed by atoms with Crippen molar-refractivity contribution in [3.63, 3.8) is 0 Å². The lowest BCUT2D eigenvalue weighted by Crippen LogP contribution is -2.63. The molecule has 0 saturated carbocycles. The van der Waals surface area contributed by atoms with Gasteiger partial charge in [-0.3, -0.25) is 38.7 Å². The molecule has 133 heavy (non-hydrogen) atoms. The maximum Gasteiger partial charge on any atom is 0.355 e. The Balaban J connectivity index is 0.000000146. The van der Waals surface area contributed by atoms with Crippen molar-refractivity contribution in [1.29, 1.82) is 0 Å². The Bertz CT molecular complexity index is 6950. The number of benzene rings is 4. The number of halogens is 10. The molecule has 0 aliphatic carbocycles. The van der Waals surface area contributed by atoms with Crippen molar-refractivity contribution < 1.29 is 70.0 Å². The first-order valence-corrected chi connectivity index (χ1v) is 43.3. The number of nitrogens with one attached hydrogen (secondary N) is 1. The van der Waals surface area contributed by atoms with E-state index in [1.54, 1.807) is 60.4 Å². The fourth-order valence-corrected chi connectivity index (χ4v) is 19.1. The third kappa shape index (κ3) is 15.4. The van der Waals surface area contributed by atoms with Gasteiger partial charge in [-0.05, 0) is 135 Å². The quantitative estimate of drug-likeness (QED) is 0.0652. The highest BCUT2D eigenvalue weighted by Crippen LogP contribution is 2.54. The average Bonchev–Trinajstić information content (AvgIpc) is 1.65. The van der Waals surface area contributed by atoms with E-state index < -0.39 is 138 Å². The largest absolute Gasteiger partial charge is 0.507 e. The number of likely N-dealkylation sites (N-methyl/N-ethyl adjacent to an activating group) is 1.